The Balaban J connectivity index is 2.55. The van der Waals surface area contributed by atoms with E-state index in [1.807, 2.05) is 17.9 Å². The number of likely N-dealkylation sites (tertiary alicyclic amines) is 1. The Morgan fingerprint density at radius 3 is 2.88 bits per heavy atom. The van der Waals surface area contributed by atoms with Crippen molar-refractivity contribution in [2.75, 3.05) is 13.1 Å². The quantitative estimate of drug-likeness (QED) is 0.667. The van der Waals surface area contributed by atoms with Crippen LogP contribution < -0.4 is 0 Å². The predicted molar refractivity (Wildman–Crippen MR) is 62.2 cm³/mol. The zero-order valence-corrected chi connectivity index (χ0v) is 9.80. The van der Waals surface area contributed by atoms with Gasteiger partial charge in [0.1, 0.15) is 6.04 Å². The van der Waals surface area contributed by atoms with Crippen LogP contribution in [0.3, 0.4) is 0 Å². The molecule has 92 valence electrons. The van der Waals surface area contributed by atoms with Crippen molar-refractivity contribution in [2.24, 2.45) is 5.92 Å². The van der Waals surface area contributed by atoms with Gasteiger partial charge in [0.05, 0.1) is 6.10 Å². The average molecular weight is 227 g/mol. The number of hydrogen-bond acceptors (Lipinski definition) is 3. The second kappa shape index (κ2) is 6.01. The maximum absolute atomic E-state index is 11.1. The van der Waals surface area contributed by atoms with Crippen LogP contribution in [0, 0.1) is 5.92 Å². The van der Waals surface area contributed by atoms with Crippen LogP contribution in [0.25, 0.3) is 0 Å². The van der Waals surface area contributed by atoms with Crippen LogP contribution in [0.2, 0.25) is 0 Å². The summed E-state index contributed by atoms with van der Waals surface area (Å²) in [6, 6.07) is -0.463. The standard InChI is InChI=1S/C12H21NO3/c1-3-5-10(14)8-13-7-9(4-2)6-11(13)12(15)16/h4,9-11,14H,2-3,5-8H2,1H3,(H,15,16)/t9-,10?,11-/m1/s1. The van der Waals surface area contributed by atoms with E-state index in [0.717, 1.165) is 12.8 Å². The Morgan fingerprint density at radius 1 is 1.69 bits per heavy atom. The highest BCUT2D eigenvalue weighted by Crippen LogP contribution is 2.24. The number of rotatable bonds is 6. The zero-order valence-electron chi connectivity index (χ0n) is 9.80. The number of β-amino-alcohol motifs (C(OH)–C–C–N with tert-alkyl or cyclic N) is 1. The molecular weight excluding hydrogens is 206 g/mol. The van der Waals surface area contributed by atoms with Crippen molar-refractivity contribution in [1.82, 2.24) is 4.90 Å². The van der Waals surface area contributed by atoms with E-state index in [0.29, 0.717) is 19.5 Å². The first kappa shape index (κ1) is 13.2. The second-order valence-electron chi connectivity index (χ2n) is 4.48. The van der Waals surface area contributed by atoms with E-state index < -0.39 is 18.1 Å². The lowest BCUT2D eigenvalue weighted by atomic mass is 10.1. The van der Waals surface area contributed by atoms with Crippen LogP contribution >= 0.6 is 0 Å². The molecule has 1 unspecified atom stereocenters. The van der Waals surface area contributed by atoms with Gasteiger partial charge in [0, 0.05) is 13.1 Å². The van der Waals surface area contributed by atoms with Crippen molar-refractivity contribution in [3.05, 3.63) is 12.7 Å². The third kappa shape index (κ3) is 3.32. The molecule has 0 saturated carbocycles. The van der Waals surface area contributed by atoms with E-state index in [1.54, 1.807) is 0 Å². The molecule has 1 fully saturated rings. The summed E-state index contributed by atoms with van der Waals surface area (Å²) in [5.74, 6) is -0.567. The average Bonchev–Trinajstić information content (AvgIpc) is 2.61. The van der Waals surface area contributed by atoms with E-state index in [2.05, 4.69) is 6.58 Å². The molecule has 0 aromatic heterocycles. The van der Waals surface area contributed by atoms with E-state index in [4.69, 9.17) is 5.11 Å². The Bertz CT molecular complexity index is 255. The molecule has 1 saturated heterocycles. The highest BCUT2D eigenvalue weighted by molar-refractivity contribution is 5.74. The summed E-state index contributed by atoms with van der Waals surface area (Å²) in [7, 11) is 0. The largest absolute Gasteiger partial charge is 0.480 e. The van der Waals surface area contributed by atoms with Gasteiger partial charge in [-0.05, 0) is 18.8 Å². The summed E-state index contributed by atoms with van der Waals surface area (Å²) in [5, 5.41) is 18.8. The fourth-order valence-electron chi connectivity index (χ4n) is 2.26. The highest BCUT2D eigenvalue weighted by Gasteiger charge is 2.35. The fraction of sp³-hybridized carbons (Fsp3) is 0.750. The molecule has 3 atom stereocenters. The summed E-state index contributed by atoms with van der Waals surface area (Å²) < 4.78 is 0. The van der Waals surface area contributed by atoms with Gasteiger partial charge in [0.25, 0.3) is 0 Å². The van der Waals surface area contributed by atoms with E-state index in [9.17, 15) is 9.90 Å². The van der Waals surface area contributed by atoms with Gasteiger partial charge >= 0.3 is 5.97 Å². The SMILES string of the molecule is C=C[C@@H]1C[C@H](C(=O)O)N(CC(O)CCC)C1. The number of hydrogen-bond donors (Lipinski definition) is 2. The van der Waals surface area contributed by atoms with Crippen LogP contribution in [0.1, 0.15) is 26.2 Å². The Labute approximate surface area is 96.6 Å². The number of carbonyl (C=O) groups is 1. The molecule has 0 aromatic carbocycles. The van der Waals surface area contributed by atoms with Gasteiger partial charge in [-0.25, -0.2) is 0 Å². The minimum absolute atomic E-state index is 0.231. The summed E-state index contributed by atoms with van der Waals surface area (Å²) in [6.07, 6.45) is 3.63. The van der Waals surface area contributed by atoms with Crippen LogP contribution in [0.4, 0.5) is 0 Å². The van der Waals surface area contributed by atoms with Crippen LogP contribution in [-0.2, 0) is 4.79 Å². The molecule has 0 aromatic rings. The molecule has 1 aliphatic heterocycles. The van der Waals surface area contributed by atoms with Gasteiger partial charge < -0.3 is 10.2 Å². The third-order valence-electron chi connectivity index (χ3n) is 3.12. The third-order valence-corrected chi connectivity index (χ3v) is 3.12. The van der Waals surface area contributed by atoms with Gasteiger partial charge in [-0.15, -0.1) is 6.58 Å². The first-order valence-electron chi connectivity index (χ1n) is 5.86. The molecule has 0 amide bonds. The summed E-state index contributed by atoms with van der Waals surface area (Å²) in [4.78, 5) is 12.9. The molecule has 1 aliphatic rings. The van der Waals surface area contributed by atoms with Gasteiger partial charge in [-0.1, -0.05) is 19.4 Å². The van der Waals surface area contributed by atoms with E-state index in [-0.39, 0.29) is 5.92 Å². The molecular formula is C12H21NO3. The Kier molecular flexibility index (Phi) is 4.96. The Hall–Kier alpha value is -0.870. The molecule has 0 radical (unpaired) electrons. The maximum Gasteiger partial charge on any atom is 0.320 e. The second-order valence-corrected chi connectivity index (χ2v) is 4.48. The lowest BCUT2D eigenvalue weighted by Gasteiger charge is -2.23. The summed E-state index contributed by atoms with van der Waals surface area (Å²) in [5.41, 5.74) is 0. The Morgan fingerprint density at radius 2 is 2.38 bits per heavy atom. The van der Waals surface area contributed by atoms with Crippen LogP contribution in [0.5, 0.6) is 0 Å². The van der Waals surface area contributed by atoms with E-state index in [1.165, 1.54) is 0 Å². The number of carboxylic acids is 1. The van der Waals surface area contributed by atoms with Crippen molar-refractivity contribution in [1.29, 1.82) is 0 Å². The lowest BCUT2D eigenvalue weighted by Crippen LogP contribution is -2.40. The van der Waals surface area contributed by atoms with Gasteiger partial charge in [0.2, 0.25) is 0 Å². The number of aliphatic hydroxyl groups excluding tert-OH is 1. The highest BCUT2D eigenvalue weighted by atomic mass is 16.4. The van der Waals surface area contributed by atoms with E-state index >= 15 is 0 Å². The molecule has 1 rings (SSSR count). The van der Waals surface area contributed by atoms with Gasteiger partial charge in [-0.3, -0.25) is 9.69 Å². The minimum atomic E-state index is -0.798. The minimum Gasteiger partial charge on any atom is -0.480 e. The first-order chi connectivity index (χ1) is 7.58. The smallest absolute Gasteiger partial charge is 0.320 e. The molecule has 2 N–H and O–H groups in total. The van der Waals surface area contributed by atoms with Crippen LogP contribution in [-0.4, -0.2) is 46.3 Å². The topological polar surface area (TPSA) is 60.8 Å². The van der Waals surface area contributed by atoms with Crippen LogP contribution in [0.15, 0.2) is 12.7 Å². The molecule has 0 bridgehead atoms. The van der Waals surface area contributed by atoms with Crippen molar-refractivity contribution >= 4 is 5.97 Å². The number of aliphatic carboxylic acids is 1. The maximum atomic E-state index is 11.1. The monoisotopic (exact) mass is 227 g/mol. The molecule has 1 heterocycles. The van der Waals surface area contributed by atoms with Gasteiger partial charge in [0.15, 0.2) is 0 Å². The zero-order chi connectivity index (χ0) is 12.1. The number of aliphatic hydroxyl groups is 1. The number of carboxylic acid groups (broad SMARTS) is 1. The van der Waals surface area contributed by atoms with Crippen molar-refractivity contribution < 1.29 is 15.0 Å². The van der Waals surface area contributed by atoms with Gasteiger partial charge in [-0.2, -0.15) is 0 Å². The summed E-state index contributed by atoms with van der Waals surface area (Å²) in [6.45, 7) is 6.86. The lowest BCUT2D eigenvalue weighted by molar-refractivity contribution is -0.142. The normalized spacial score (nSPS) is 27.9. The molecule has 0 aliphatic carbocycles. The summed E-state index contributed by atoms with van der Waals surface area (Å²) >= 11 is 0. The number of nitrogens with zero attached hydrogens (tertiary/aromatic N) is 1. The van der Waals surface area contributed by atoms with Crippen molar-refractivity contribution in [3.8, 4) is 0 Å². The molecule has 4 nitrogen and oxygen atoms in total. The predicted octanol–water partition coefficient (Wildman–Crippen LogP) is 1.11. The van der Waals surface area contributed by atoms with Crippen molar-refractivity contribution in [3.63, 3.8) is 0 Å². The fourth-order valence-corrected chi connectivity index (χ4v) is 2.26. The first-order valence-corrected chi connectivity index (χ1v) is 5.86. The molecule has 0 spiro atoms. The van der Waals surface area contributed by atoms with Crippen molar-refractivity contribution in [2.45, 2.75) is 38.3 Å². The molecule has 4 heteroatoms. The molecule has 16 heavy (non-hydrogen) atoms.